The minimum absolute atomic E-state index is 0.192. The van der Waals surface area contributed by atoms with Crippen LogP contribution in [0, 0.1) is 31.3 Å². The Morgan fingerprint density at radius 3 is 2.12 bits per heavy atom. The molecule has 1 atom stereocenters. The number of halogens is 6. The number of hydrogen-bond donors (Lipinski definition) is 0. The third-order valence-electron chi connectivity index (χ3n) is 7.35. The van der Waals surface area contributed by atoms with Crippen LogP contribution in [0.15, 0.2) is 83.8 Å². The van der Waals surface area contributed by atoms with Gasteiger partial charge in [0.05, 0.1) is 17.9 Å². The lowest BCUT2D eigenvalue weighted by molar-refractivity contribution is -0.145. The molecule has 1 aromatic heterocycles. The van der Waals surface area contributed by atoms with Crippen LogP contribution in [0.25, 0.3) is 21.7 Å². The smallest absolute Gasteiger partial charge is 0.416 e. The van der Waals surface area contributed by atoms with Crippen molar-refractivity contribution in [3.05, 3.63) is 124 Å². The number of aromatic nitrogens is 1. The molecule has 0 amide bonds. The van der Waals surface area contributed by atoms with E-state index in [-0.39, 0.29) is 24.0 Å². The first-order valence-corrected chi connectivity index (χ1v) is 16.5. The van der Waals surface area contributed by atoms with E-state index in [0.717, 1.165) is 50.9 Å². The summed E-state index contributed by atoms with van der Waals surface area (Å²) in [6, 6.07) is 19.4. The van der Waals surface area contributed by atoms with Crippen LogP contribution in [0.5, 0.6) is 5.75 Å². The lowest BCUT2D eigenvalue weighted by atomic mass is 10.0. The highest BCUT2D eigenvalue weighted by atomic mass is 32.2. The highest BCUT2D eigenvalue weighted by Gasteiger charge is 2.30. The Morgan fingerprint density at radius 1 is 0.875 bits per heavy atom. The molecule has 4 nitrogen and oxygen atoms in total. The quantitative estimate of drug-likeness (QED) is 0.0594. The number of benzene rings is 4. The van der Waals surface area contributed by atoms with Crippen molar-refractivity contribution in [1.29, 1.82) is 0 Å². The van der Waals surface area contributed by atoms with Gasteiger partial charge in [-0.05, 0) is 91.9 Å². The van der Waals surface area contributed by atoms with Gasteiger partial charge in [0.25, 0.3) is 0 Å². The second-order valence-electron chi connectivity index (χ2n) is 10.8. The number of alkyl halides is 3. The molecule has 0 saturated heterocycles. The van der Waals surface area contributed by atoms with E-state index in [9.17, 15) is 31.1 Å². The molecule has 4 aromatic carbocycles. The topological polar surface area (TPSA) is 48.4 Å². The zero-order chi connectivity index (χ0) is 34.6. The van der Waals surface area contributed by atoms with Gasteiger partial charge in [0, 0.05) is 20.6 Å². The Labute approximate surface area is 281 Å². The number of thiazole rings is 1. The molecule has 5 aromatic rings. The third kappa shape index (κ3) is 8.40. The van der Waals surface area contributed by atoms with E-state index in [1.54, 1.807) is 36.9 Å². The van der Waals surface area contributed by atoms with Crippen LogP contribution in [-0.4, -0.2) is 24.2 Å². The summed E-state index contributed by atoms with van der Waals surface area (Å²) in [6.07, 6.45) is -3.94. The van der Waals surface area contributed by atoms with Gasteiger partial charge in [-0.3, -0.25) is 0 Å². The Hall–Kier alpha value is -4.29. The van der Waals surface area contributed by atoms with Crippen LogP contribution in [-0.2, 0) is 22.1 Å². The van der Waals surface area contributed by atoms with Crippen LogP contribution in [0.4, 0.5) is 26.3 Å². The fraction of sp³-hybridized carbons (Fsp3) is 0.222. The summed E-state index contributed by atoms with van der Waals surface area (Å²) >= 11 is 2.95. The number of ether oxygens (including phenoxy) is 2. The van der Waals surface area contributed by atoms with E-state index in [1.807, 2.05) is 38.1 Å². The van der Waals surface area contributed by atoms with E-state index in [4.69, 9.17) is 14.5 Å². The third-order valence-corrected chi connectivity index (χ3v) is 10.0. The van der Waals surface area contributed by atoms with Crippen LogP contribution in [0.2, 0.25) is 0 Å². The number of aryl methyl sites for hydroxylation is 2. The van der Waals surface area contributed by atoms with Gasteiger partial charge in [0.1, 0.15) is 10.8 Å². The van der Waals surface area contributed by atoms with Gasteiger partial charge in [-0.1, -0.05) is 36.4 Å². The second-order valence-corrected chi connectivity index (χ2v) is 13.1. The molecule has 0 fully saturated rings. The monoisotopic (exact) mass is 701 g/mol. The van der Waals surface area contributed by atoms with Crippen molar-refractivity contribution in [3.8, 4) is 27.4 Å². The molecule has 0 aliphatic rings. The van der Waals surface area contributed by atoms with Crippen molar-refractivity contribution in [3.63, 3.8) is 0 Å². The molecule has 250 valence electrons. The van der Waals surface area contributed by atoms with Crippen molar-refractivity contribution >= 4 is 29.1 Å². The summed E-state index contributed by atoms with van der Waals surface area (Å²) in [5.41, 5.74) is 2.96. The van der Waals surface area contributed by atoms with Crippen molar-refractivity contribution in [1.82, 2.24) is 4.98 Å². The molecule has 1 unspecified atom stereocenters. The maximum Gasteiger partial charge on any atom is 0.416 e. The van der Waals surface area contributed by atoms with E-state index >= 15 is 0 Å². The fourth-order valence-corrected chi connectivity index (χ4v) is 7.57. The number of nitrogens with zero attached hydrogens (tertiary/aromatic N) is 1. The number of esters is 1. The molecule has 0 spiro atoms. The standard InChI is InChI=1S/C36H29F6NO3S2/c1-4-45-32(44)19-46-30-14-13-27(15-20(30)2)47-31(16-22-5-7-23(8-6-22)25-17-28(37)33(39)29(38)18-25)34-21(3)43-35(48-34)24-9-11-26(12-10-24)36(40,41)42/h5-15,17-18,31H,4,16,19H2,1-3H3. The average molecular weight is 702 g/mol. The predicted octanol–water partition coefficient (Wildman–Crippen LogP) is 10.5. The molecule has 5 rings (SSSR count). The van der Waals surface area contributed by atoms with Crippen molar-refractivity contribution < 1.29 is 40.6 Å². The van der Waals surface area contributed by atoms with Gasteiger partial charge in [-0.15, -0.1) is 23.1 Å². The summed E-state index contributed by atoms with van der Waals surface area (Å²) < 4.78 is 91.3. The minimum atomic E-state index is -4.45. The highest BCUT2D eigenvalue weighted by Crippen LogP contribution is 2.44. The lowest BCUT2D eigenvalue weighted by Gasteiger charge is -2.18. The maximum absolute atomic E-state index is 13.9. The zero-order valence-electron chi connectivity index (χ0n) is 26.0. The Bertz CT molecular complexity index is 1880. The SMILES string of the molecule is CCOC(=O)COc1ccc(SC(Cc2ccc(-c3cc(F)c(F)c(F)c3)cc2)c2sc(-c3ccc(C(F)(F)F)cc3)nc2C)cc1C. The molecule has 1 heterocycles. The highest BCUT2D eigenvalue weighted by molar-refractivity contribution is 7.99. The van der Waals surface area contributed by atoms with E-state index in [2.05, 4.69) is 0 Å². The largest absolute Gasteiger partial charge is 0.482 e. The summed E-state index contributed by atoms with van der Waals surface area (Å²) in [6.45, 7) is 5.46. The summed E-state index contributed by atoms with van der Waals surface area (Å²) in [4.78, 5) is 18.3. The normalized spacial score (nSPS) is 12.2. The Balaban J connectivity index is 1.44. The number of carbonyl (C=O) groups excluding carboxylic acids is 1. The first-order chi connectivity index (χ1) is 22.8. The summed E-state index contributed by atoms with van der Waals surface area (Å²) in [5.74, 6) is -4.02. The molecule has 0 aliphatic carbocycles. The van der Waals surface area contributed by atoms with E-state index in [1.165, 1.54) is 23.5 Å². The predicted molar refractivity (Wildman–Crippen MR) is 175 cm³/mol. The van der Waals surface area contributed by atoms with Crippen molar-refractivity contribution in [2.75, 3.05) is 13.2 Å². The lowest BCUT2D eigenvalue weighted by Crippen LogP contribution is -2.14. The average Bonchev–Trinajstić information content (AvgIpc) is 3.44. The molecular formula is C36H29F6NO3S2. The van der Waals surface area contributed by atoms with Crippen LogP contribution in [0.1, 0.15) is 39.4 Å². The Kier molecular flexibility index (Phi) is 10.8. The summed E-state index contributed by atoms with van der Waals surface area (Å²) in [5, 5.41) is 0.388. The number of thioether (sulfide) groups is 1. The molecular weight excluding hydrogens is 673 g/mol. The van der Waals surface area contributed by atoms with E-state index < -0.39 is 35.2 Å². The molecule has 0 aliphatic heterocycles. The molecule has 0 N–H and O–H groups in total. The first kappa shape index (κ1) is 35.0. The minimum Gasteiger partial charge on any atom is -0.482 e. The van der Waals surface area contributed by atoms with Gasteiger partial charge in [-0.2, -0.15) is 13.2 Å². The van der Waals surface area contributed by atoms with Crippen molar-refractivity contribution in [2.24, 2.45) is 0 Å². The number of carbonyl (C=O) groups is 1. The molecule has 0 saturated carbocycles. The van der Waals surface area contributed by atoms with E-state index in [0.29, 0.717) is 28.3 Å². The van der Waals surface area contributed by atoms with Gasteiger partial charge in [0.2, 0.25) is 0 Å². The summed E-state index contributed by atoms with van der Waals surface area (Å²) in [7, 11) is 0. The van der Waals surface area contributed by atoms with Crippen LogP contribution in [0.3, 0.4) is 0 Å². The molecule has 0 radical (unpaired) electrons. The van der Waals surface area contributed by atoms with Gasteiger partial charge in [-0.25, -0.2) is 22.9 Å². The van der Waals surface area contributed by atoms with Gasteiger partial charge >= 0.3 is 12.1 Å². The number of rotatable bonds is 11. The van der Waals surface area contributed by atoms with Crippen molar-refractivity contribution in [2.45, 2.75) is 43.5 Å². The van der Waals surface area contributed by atoms with Crippen LogP contribution >= 0.6 is 23.1 Å². The maximum atomic E-state index is 13.9. The molecule has 0 bridgehead atoms. The van der Waals surface area contributed by atoms with Crippen LogP contribution < -0.4 is 4.74 Å². The first-order valence-electron chi connectivity index (χ1n) is 14.8. The second kappa shape index (κ2) is 14.9. The van der Waals surface area contributed by atoms with Gasteiger partial charge < -0.3 is 9.47 Å². The molecule has 48 heavy (non-hydrogen) atoms. The number of hydrogen-bond acceptors (Lipinski definition) is 6. The fourth-order valence-electron chi connectivity index (χ4n) is 4.95. The van der Waals surface area contributed by atoms with Gasteiger partial charge in [0.15, 0.2) is 24.1 Å². The zero-order valence-corrected chi connectivity index (χ0v) is 27.6. The molecule has 12 heteroatoms. The Morgan fingerprint density at radius 2 is 1.52 bits per heavy atom.